The molecule has 2 heterocycles. The summed E-state index contributed by atoms with van der Waals surface area (Å²) < 4.78 is 7.60. The van der Waals surface area contributed by atoms with Gasteiger partial charge in [-0.1, -0.05) is 0 Å². The summed E-state index contributed by atoms with van der Waals surface area (Å²) in [5.74, 6) is -0.418. The maximum absolute atomic E-state index is 11.6. The van der Waals surface area contributed by atoms with Crippen molar-refractivity contribution in [3.8, 4) is 0 Å². The largest absolute Gasteiger partial charge is 0.464 e. The number of halogens is 1. The number of carbonyl (C=O) groups is 1. The standard InChI is InChI=1S/C11H11BrN2O2/c1-6-5-14-7(2)8(12)4-9(14)10(13-6)11(15)16-3/h4-5H,1-3H3. The van der Waals surface area contributed by atoms with Gasteiger partial charge in [-0.3, -0.25) is 0 Å². The molecule has 0 atom stereocenters. The third kappa shape index (κ3) is 1.61. The van der Waals surface area contributed by atoms with Crippen LogP contribution >= 0.6 is 15.9 Å². The molecular weight excluding hydrogens is 272 g/mol. The Kier molecular flexibility index (Phi) is 2.71. The van der Waals surface area contributed by atoms with E-state index in [0.29, 0.717) is 5.69 Å². The molecule has 0 spiro atoms. The Morgan fingerprint density at radius 1 is 1.50 bits per heavy atom. The molecule has 0 radical (unpaired) electrons. The number of aromatic nitrogens is 2. The van der Waals surface area contributed by atoms with Crippen LogP contribution in [0.15, 0.2) is 16.7 Å². The number of nitrogens with zero attached hydrogens (tertiary/aromatic N) is 2. The summed E-state index contributed by atoms with van der Waals surface area (Å²) in [6.45, 7) is 3.82. The van der Waals surface area contributed by atoms with Crippen LogP contribution in [0.5, 0.6) is 0 Å². The first-order valence-electron chi connectivity index (χ1n) is 4.77. The fraction of sp³-hybridized carbons (Fsp3) is 0.273. The summed E-state index contributed by atoms with van der Waals surface area (Å²) in [5, 5.41) is 0. The quantitative estimate of drug-likeness (QED) is 0.755. The number of esters is 1. The lowest BCUT2D eigenvalue weighted by molar-refractivity contribution is 0.0595. The fourth-order valence-corrected chi connectivity index (χ4v) is 2.04. The molecule has 16 heavy (non-hydrogen) atoms. The minimum Gasteiger partial charge on any atom is -0.464 e. The van der Waals surface area contributed by atoms with Crippen molar-refractivity contribution in [2.24, 2.45) is 0 Å². The van der Waals surface area contributed by atoms with E-state index < -0.39 is 5.97 Å². The van der Waals surface area contributed by atoms with Crippen LogP contribution in [0.4, 0.5) is 0 Å². The molecule has 0 fully saturated rings. The molecule has 0 aromatic carbocycles. The van der Waals surface area contributed by atoms with Crippen LogP contribution in [0, 0.1) is 13.8 Å². The molecule has 0 aliphatic heterocycles. The summed E-state index contributed by atoms with van der Waals surface area (Å²) in [4.78, 5) is 15.8. The van der Waals surface area contributed by atoms with E-state index in [0.717, 1.165) is 21.4 Å². The van der Waals surface area contributed by atoms with E-state index in [9.17, 15) is 4.79 Å². The van der Waals surface area contributed by atoms with Crippen molar-refractivity contribution in [1.29, 1.82) is 0 Å². The van der Waals surface area contributed by atoms with Crippen LogP contribution in [0.3, 0.4) is 0 Å². The lowest BCUT2D eigenvalue weighted by Crippen LogP contribution is -2.08. The Hall–Kier alpha value is -1.36. The van der Waals surface area contributed by atoms with Crippen molar-refractivity contribution >= 4 is 27.4 Å². The van der Waals surface area contributed by atoms with Crippen molar-refractivity contribution in [3.05, 3.63) is 33.8 Å². The average Bonchev–Trinajstić information content (AvgIpc) is 2.54. The minimum atomic E-state index is -0.418. The number of hydrogen-bond donors (Lipinski definition) is 0. The molecule has 84 valence electrons. The lowest BCUT2D eigenvalue weighted by atomic mass is 10.3. The highest BCUT2D eigenvalue weighted by molar-refractivity contribution is 9.10. The number of methoxy groups -OCH3 is 1. The number of fused-ring (bicyclic) bond motifs is 1. The third-order valence-corrected chi connectivity index (χ3v) is 3.26. The molecule has 2 aromatic heterocycles. The van der Waals surface area contributed by atoms with Crippen LogP contribution < -0.4 is 0 Å². The normalized spacial score (nSPS) is 10.8. The third-order valence-electron chi connectivity index (χ3n) is 2.46. The first-order valence-corrected chi connectivity index (χ1v) is 5.57. The number of carbonyl (C=O) groups excluding carboxylic acids is 1. The van der Waals surface area contributed by atoms with Gasteiger partial charge in [0.2, 0.25) is 0 Å². The Balaban J connectivity index is 2.83. The topological polar surface area (TPSA) is 43.6 Å². The molecule has 2 aromatic rings. The predicted octanol–water partition coefficient (Wildman–Crippen LogP) is 2.50. The van der Waals surface area contributed by atoms with Gasteiger partial charge in [0.25, 0.3) is 0 Å². The van der Waals surface area contributed by atoms with Gasteiger partial charge in [-0.25, -0.2) is 9.78 Å². The number of aryl methyl sites for hydroxylation is 2. The monoisotopic (exact) mass is 282 g/mol. The van der Waals surface area contributed by atoms with Gasteiger partial charge in [0.05, 0.1) is 18.3 Å². The van der Waals surface area contributed by atoms with Gasteiger partial charge in [0.15, 0.2) is 5.69 Å². The molecule has 0 bridgehead atoms. The number of hydrogen-bond acceptors (Lipinski definition) is 3. The van der Waals surface area contributed by atoms with Gasteiger partial charge >= 0.3 is 5.97 Å². The smallest absolute Gasteiger partial charge is 0.358 e. The first-order chi connectivity index (χ1) is 7.54. The minimum absolute atomic E-state index is 0.344. The SMILES string of the molecule is COC(=O)c1nc(C)cn2c(C)c(Br)cc12. The molecule has 0 saturated heterocycles. The van der Waals surface area contributed by atoms with Crippen molar-refractivity contribution in [2.45, 2.75) is 13.8 Å². The fourth-order valence-electron chi connectivity index (χ4n) is 1.63. The van der Waals surface area contributed by atoms with E-state index in [2.05, 4.69) is 20.9 Å². The van der Waals surface area contributed by atoms with Crippen molar-refractivity contribution in [3.63, 3.8) is 0 Å². The summed E-state index contributed by atoms with van der Waals surface area (Å²) >= 11 is 3.44. The van der Waals surface area contributed by atoms with Gasteiger partial charge in [0, 0.05) is 16.4 Å². The Bertz CT molecular complexity index is 575. The van der Waals surface area contributed by atoms with E-state index >= 15 is 0 Å². The summed E-state index contributed by atoms with van der Waals surface area (Å²) in [6, 6.07) is 1.87. The molecule has 2 rings (SSSR count). The lowest BCUT2D eigenvalue weighted by Gasteiger charge is -2.05. The van der Waals surface area contributed by atoms with Crippen molar-refractivity contribution < 1.29 is 9.53 Å². The molecule has 0 aliphatic carbocycles. The van der Waals surface area contributed by atoms with E-state index in [-0.39, 0.29) is 0 Å². The molecule has 4 nitrogen and oxygen atoms in total. The van der Waals surface area contributed by atoms with Gasteiger partial charge in [-0.2, -0.15) is 0 Å². The molecule has 5 heteroatoms. The van der Waals surface area contributed by atoms with E-state index in [1.54, 1.807) is 0 Å². The van der Waals surface area contributed by atoms with Gasteiger partial charge in [-0.15, -0.1) is 0 Å². The van der Waals surface area contributed by atoms with Crippen molar-refractivity contribution in [1.82, 2.24) is 9.38 Å². The zero-order valence-corrected chi connectivity index (χ0v) is 10.8. The Labute approximate surface area is 101 Å². The Morgan fingerprint density at radius 2 is 2.19 bits per heavy atom. The van der Waals surface area contributed by atoms with E-state index in [1.165, 1.54) is 7.11 Å². The summed E-state index contributed by atoms with van der Waals surface area (Å²) in [6.07, 6.45) is 1.89. The van der Waals surface area contributed by atoms with E-state index in [4.69, 9.17) is 4.74 Å². The first kappa shape index (κ1) is 11.1. The predicted molar refractivity (Wildman–Crippen MR) is 63.7 cm³/mol. The molecule has 0 amide bonds. The van der Waals surface area contributed by atoms with Gasteiger partial charge in [-0.05, 0) is 35.8 Å². The molecule has 0 N–H and O–H groups in total. The van der Waals surface area contributed by atoms with Crippen LogP contribution in [-0.4, -0.2) is 22.5 Å². The summed E-state index contributed by atoms with van der Waals surface area (Å²) in [5.41, 5.74) is 2.91. The number of ether oxygens (including phenoxy) is 1. The maximum atomic E-state index is 11.6. The van der Waals surface area contributed by atoms with Gasteiger partial charge in [0.1, 0.15) is 0 Å². The summed E-state index contributed by atoms with van der Waals surface area (Å²) in [7, 11) is 1.35. The van der Waals surface area contributed by atoms with Crippen molar-refractivity contribution in [2.75, 3.05) is 7.11 Å². The Morgan fingerprint density at radius 3 is 2.81 bits per heavy atom. The molecular formula is C11H11BrN2O2. The zero-order valence-electron chi connectivity index (χ0n) is 9.24. The average molecular weight is 283 g/mol. The highest BCUT2D eigenvalue weighted by Gasteiger charge is 2.16. The van der Waals surface area contributed by atoms with Crippen LogP contribution in [0.2, 0.25) is 0 Å². The molecule has 0 saturated carbocycles. The zero-order chi connectivity index (χ0) is 11.9. The van der Waals surface area contributed by atoms with Crippen LogP contribution in [-0.2, 0) is 4.74 Å². The van der Waals surface area contributed by atoms with E-state index in [1.807, 2.05) is 30.5 Å². The van der Waals surface area contributed by atoms with Crippen LogP contribution in [0.25, 0.3) is 5.52 Å². The second kappa shape index (κ2) is 3.90. The molecule has 0 unspecified atom stereocenters. The van der Waals surface area contributed by atoms with Gasteiger partial charge < -0.3 is 9.14 Å². The second-order valence-corrected chi connectivity index (χ2v) is 4.41. The maximum Gasteiger partial charge on any atom is 0.358 e. The molecule has 0 aliphatic rings. The highest BCUT2D eigenvalue weighted by atomic mass is 79.9. The highest BCUT2D eigenvalue weighted by Crippen LogP contribution is 2.23. The second-order valence-electron chi connectivity index (χ2n) is 3.56. The number of rotatable bonds is 1. The van der Waals surface area contributed by atoms with Crippen LogP contribution in [0.1, 0.15) is 21.9 Å².